The van der Waals surface area contributed by atoms with Gasteiger partial charge in [-0.25, -0.2) is 0 Å². The van der Waals surface area contributed by atoms with E-state index in [0.717, 1.165) is 23.6 Å². The molecule has 0 spiro atoms. The van der Waals surface area contributed by atoms with Crippen LogP contribution >= 0.6 is 0 Å². The normalized spacial score (nSPS) is 13.6. The summed E-state index contributed by atoms with van der Waals surface area (Å²) in [6.45, 7) is 2.57. The average Bonchev–Trinajstić information content (AvgIpc) is 2.89. The van der Waals surface area contributed by atoms with Gasteiger partial charge in [0.25, 0.3) is 0 Å². The lowest BCUT2D eigenvalue weighted by molar-refractivity contribution is 0.312. The van der Waals surface area contributed by atoms with E-state index in [4.69, 9.17) is 9.47 Å². The molecule has 1 aliphatic rings. The number of hydrazine groups is 2. The second-order valence-corrected chi connectivity index (χ2v) is 3.69. The van der Waals surface area contributed by atoms with Gasteiger partial charge in [0.2, 0.25) is 0 Å². The first kappa shape index (κ1) is 11.6. The third-order valence-electron chi connectivity index (χ3n) is 2.56. The fourth-order valence-corrected chi connectivity index (χ4v) is 1.56. The molecule has 0 bridgehead atoms. The van der Waals surface area contributed by atoms with Crippen molar-refractivity contribution in [1.29, 1.82) is 0 Å². The van der Waals surface area contributed by atoms with Crippen LogP contribution < -0.4 is 25.9 Å². The first-order chi connectivity index (χ1) is 8.33. The molecule has 5 heteroatoms. The molecule has 0 saturated carbocycles. The van der Waals surface area contributed by atoms with E-state index < -0.39 is 0 Å². The highest BCUT2D eigenvalue weighted by molar-refractivity contribution is 5.43. The van der Waals surface area contributed by atoms with Crippen molar-refractivity contribution in [2.45, 2.75) is 13.3 Å². The summed E-state index contributed by atoms with van der Waals surface area (Å²) < 4.78 is 11.0. The molecular weight excluding hydrogens is 218 g/mol. The van der Waals surface area contributed by atoms with Gasteiger partial charge in [0.1, 0.15) is 6.61 Å². The lowest BCUT2D eigenvalue weighted by Crippen LogP contribution is -2.32. The maximum atomic E-state index is 5.72. The Morgan fingerprint density at radius 1 is 1.24 bits per heavy atom. The molecule has 1 aromatic carbocycles. The van der Waals surface area contributed by atoms with Crippen LogP contribution in [0.1, 0.15) is 12.5 Å². The van der Waals surface area contributed by atoms with Crippen LogP contribution in [0.3, 0.4) is 0 Å². The zero-order valence-corrected chi connectivity index (χ0v) is 10.0. The van der Waals surface area contributed by atoms with Gasteiger partial charge in [-0.15, -0.1) is 0 Å². The van der Waals surface area contributed by atoms with Crippen LogP contribution in [0.5, 0.6) is 11.5 Å². The van der Waals surface area contributed by atoms with Gasteiger partial charge in [-0.2, -0.15) is 5.53 Å². The van der Waals surface area contributed by atoms with Crippen molar-refractivity contribution in [2.75, 3.05) is 13.7 Å². The first-order valence-electron chi connectivity index (χ1n) is 5.58. The smallest absolute Gasteiger partial charge is 0.162 e. The molecule has 2 rings (SSSR count). The number of hydrogen-bond acceptors (Lipinski definition) is 5. The topological polar surface area (TPSA) is 54.6 Å². The number of rotatable bonds is 5. The van der Waals surface area contributed by atoms with E-state index in [-0.39, 0.29) is 0 Å². The fourth-order valence-electron chi connectivity index (χ4n) is 1.56. The predicted molar refractivity (Wildman–Crippen MR) is 65.4 cm³/mol. The highest BCUT2D eigenvalue weighted by atomic mass is 16.5. The number of aryl methyl sites for hydroxylation is 1. The standard InChI is InChI=1S/C12H17N3O2/c1-3-9-4-5-11(16-2)12(6-9)17-8-10-7-13-15-14-10/h4-7,13-15H,3,8H2,1-2H3. The van der Waals surface area contributed by atoms with Gasteiger partial charge in [0.05, 0.1) is 12.8 Å². The van der Waals surface area contributed by atoms with Crippen molar-refractivity contribution < 1.29 is 9.47 Å². The van der Waals surface area contributed by atoms with Crippen molar-refractivity contribution in [1.82, 2.24) is 16.4 Å². The van der Waals surface area contributed by atoms with E-state index in [2.05, 4.69) is 23.3 Å². The molecule has 1 aliphatic heterocycles. The molecule has 0 aliphatic carbocycles. The molecule has 0 radical (unpaired) electrons. The summed E-state index contributed by atoms with van der Waals surface area (Å²) in [7, 11) is 1.64. The fraction of sp³-hybridized carbons (Fsp3) is 0.333. The molecule has 92 valence electrons. The summed E-state index contributed by atoms with van der Waals surface area (Å²) in [6.07, 6.45) is 2.79. The Balaban J connectivity index is 2.06. The number of nitrogens with one attached hydrogen (secondary N) is 3. The Labute approximate surface area is 101 Å². The van der Waals surface area contributed by atoms with Crippen LogP contribution in [-0.4, -0.2) is 13.7 Å². The van der Waals surface area contributed by atoms with Gasteiger partial charge in [0, 0.05) is 6.20 Å². The number of ether oxygens (including phenoxy) is 2. The van der Waals surface area contributed by atoms with Gasteiger partial charge >= 0.3 is 0 Å². The minimum Gasteiger partial charge on any atom is -0.493 e. The van der Waals surface area contributed by atoms with Crippen LogP contribution in [0, 0.1) is 0 Å². The van der Waals surface area contributed by atoms with E-state index in [1.807, 2.05) is 24.4 Å². The van der Waals surface area contributed by atoms with Crippen molar-refractivity contribution in [2.24, 2.45) is 0 Å². The van der Waals surface area contributed by atoms with E-state index in [1.54, 1.807) is 7.11 Å². The summed E-state index contributed by atoms with van der Waals surface area (Å²) in [5.41, 5.74) is 10.7. The maximum Gasteiger partial charge on any atom is 0.162 e. The van der Waals surface area contributed by atoms with Crippen molar-refractivity contribution in [3.8, 4) is 11.5 Å². The van der Waals surface area contributed by atoms with Crippen LogP contribution in [0.4, 0.5) is 0 Å². The molecule has 0 unspecified atom stereocenters. The molecule has 5 nitrogen and oxygen atoms in total. The second kappa shape index (κ2) is 5.45. The molecule has 0 saturated heterocycles. The summed E-state index contributed by atoms with van der Waals surface area (Å²) in [5, 5.41) is 0. The third-order valence-corrected chi connectivity index (χ3v) is 2.56. The molecule has 3 N–H and O–H groups in total. The Kier molecular flexibility index (Phi) is 3.72. The largest absolute Gasteiger partial charge is 0.493 e. The Hall–Kier alpha value is -1.88. The molecule has 17 heavy (non-hydrogen) atoms. The van der Waals surface area contributed by atoms with Gasteiger partial charge < -0.3 is 20.3 Å². The van der Waals surface area contributed by atoms with Crippen LogP contribution in [0.2, 0.25) is 0 Å². The van der Waals surface area contributed by atoms with E-state index in [1.165, 1.54) is 5.56 Å². The quantitative estimate of drug-likeness (QED) is 0.713. The van der Waals surface area contributed by atoms with Crippen LogP contribution in [-0.2, 0) is 6.42 Å². The van der Waals surface area contributed by atoms with Gasteiger partial charge in [-0.3, -0.25) is 0 Å². The number of methoxy groups -OCH3 is 1. The minimum atomic E-state index is 0.462. The van der Waals surface area contributed by atoms with Crippen LogP contribution in [0.15, 0.2) is 30.1 Å². The Morgan fingerprint density at radius 3 is 2.76 bits per heavy atom. The molecule has 1 aromatic rings. The zero-order valence-electron chi connectivity index (χ0n) is 10.0. The molecule has 1 heterocycles. The van der Waals surface area contributed by atoms with Crippen molar-refractivity contribution in [3.05, 3.63) is 35.7 Å². The Bertz CT molecular complexity index is 418. The third kappa shape index (κ3) is 2.82. The average molecular weight is 235 g/mol. The Morgan fingerprint density at radius 2 is 2.12 bits per heavy atom. The van der Waals surface area contributed by atoms with Crippen molar-refractivity contribution in [3.63, 3.8) is 0 Å². The highest BCUT2D eigenvalue weighted by Gasteiger charge is 2.08. The number of hydrogen-bond donors (Lipinski definition) is 3. The molecule has 0 fully saturated rings. The first-order valence-corrected chi connectivity index (χ1v) is 5.58. The van der Waals surface area contributed by atoms with E-state index in [9.17, 15) is 0 Å². The van der Waals surface area contributed by atoms with Gasteiger partial charge in [-0.05, 0) is 24.1 Å². The van der Waals surface area contributed by atoms with E-state index >= 15 is 0 Å². The van der Waals surface area contributed by atoms with Gasteiger partial charge in [-0.1, -0.05) is 13.0 Å². The second-order valence-electron chi connectivity index (χ2n) is 3.69. The summed E-state index contributed by atoms with van der Waals surface area (Å²) >= 11 is 0. The zero-order chi connectivity index (χ0) is 12.1. The lowest BCUT2D eigenvalue weighted by atomic mass is 10.1. The SMILES string of the molecule is CCc1ccc(OC)c(OCC2=CNNN2)c1. The molecule has 0 atom stereocenters. The lowest BCUT2D eigenvalue weighted by Gasteiger charge is -2.12. The van der Waals surface area contributed by atoms with Gasteiger partial charge in [0.15, 0.2) is 11.5 Å². The molecule has 0 amide bonds. The van der Waals surface area contributed by atoms with Crippen LogP contribution in [0.25, 0.3) is 0 Å². The summed E-state index contributed by atoms with van der Waals surface area (Å²) in [5.74, 6) is 1.52. The maximum absolute atomic E-state index is 5.72. The van der Waals surface area contributed by atoms with E-state index in [0.29, 0.717) is 6.61 Å². The number of benzene rings is 1. The predicted octanol–water partition coefficient (Wildman–Crippen LogP) is 1.09. The molecule has 0 aromatic heterocycles. The molecular formula is C12H17N3O2. The monoisotopic (exact) mass is 235 g/mol. The highest BCUT2D eigenvalue weighted by Crippen LogP contribution is 2.28. The summed E-state index contributed by atoms with van der Waals surface area (Å²) in [6, 6.07) is 5.98. The summed E-state index contributed by atoms with van der Waals surface area (Å²) in [4.78, 5) is 0. The van der Waals surface area contributed by atoms with Crippen molar-refractivity contribution >= 4 is 0 Å². The minimum absolute atomic E-state index is 0.462.